The highest BCUT2D eigenvalue weighted by molar-refractivity contribution is 8.00. The Labute approximate surface area is 221 Å². The number of halogens is 2. The van der Waals surface area contributed by atoms with Gasteiger partial charge in [0.1, 0.15) is 23.9 Å². The Balaban J connectivity index is 1.53. The van der Waals surface area contributed by atoms with E-state index in [9.17, 15) is 19.5 Å². The molecule has 1 unspecified atom stereocenters. The highest BCUT2D eigenvalue weighted by Crippen LogP contribution is 2.40. The van der Waals surface area contributed by atoms with Gasteiger partial charge in [-0.15, -0.1) is 11.8 Å². The molecule has 1 fully saturated rings. The third kappa shape index (κ3) is 5.43. The number of amidine groups is 1. The molecular formula is C25H21Cl2N3O5S. The molecule has 0 aliphatic carbocycles. The first-order valence-corrected chi connectivity index (χ1v) is 12.6. The molecule has 8 nitrogen and oxygen atoms in total. The number of allylic oxidation sites excluding steroid dienone is 1. The first kappa shape index (κ1) is 25.8. The zero-order valence-electron chi connectivity index (χ0n) is 19.0. The standard InChI is InChI=1S/C25H21Cl2N3O5S/c1-28-24(29-19-6-4-16(26)9-15(19)12-31)18-10-17(27)5-7-20(18)35-8-2-3-14-13-36-22-11-21(32)30(22)23(14)25(33)34/h2-7,9-10,12,22H,8,11,13H2,1H3,(H,28,29)(H,33,34)/b3-2+. The van der Waals surface area contributed by atoms with E-state index in [0.29, 0.717) is 62.5 Å². The third-order valence-corrected chi connectivity index (χ3v) is 7.26. The predicted molar refractivity (Wildman–Crippen MR) is 141 cm³/mol. The van der Waals surface area contributed by atoms with Gasteiger partial charge in [0.15, 0.2) is 6.29 Å². The lowest BCUT2D eigenvalue weighted by atomic mass is 10.1. The lowest BCUT2D eigenvalue weighted by molar-refractivity contribution is -0.146. The second kappa shape index (κ2) is 11.2. The molecule has 11 heteroatoms. The van der Waals surface area contributed by atoms with Crippen LogP contribution in [0.2, 0.25) is 10.0 Å². The number of β-lactam (4-membered cyclic amide) rings is 1. The van der Waals surface area contributed by atoms with E-state index < -0.39 is 5.97 Å². The van der Waals surface area contributed by atoms with Crippen LogP contribution in [0.5, 0.6) is 5.75 Å². The summed E-state index contributed by atoms with van der Waals surface area (Å²) in [5.74, 6) is 0.0803. The number of carbonyl (C=O) groups is 3. The number of amides is 1. The average Bonchev–Trinajstić information content (AvgIpc) is 2.85. The van der Waals surface area contributed by atoms with Crippen molar-refractivity contribution in [2.45, 2.75) is 11.8 Å². The summed E-state index contributed by atoms with van der Waals surface area (Å²) in [5.41, 5.74) is 2.03. The summed E-state index contributed by atoms with van der Waals surface area (Å²) in [6.45, 7) is 0.130. The first-order chi connectivity index (χ1) is 17.3. The Morgan fingerprint density at radius 1 is 1.28 bits per heavy atom. The Morgan fingerprint density at radius 2 is 2.03 bits per heavy atom. The van der Waals surface area contributed by atoms with Crippen LogP contribution in [0, 0.1) is 0 Å². The van der Waals surface area contributed by atoms with Crippen molar-refractivity contribution in [3.63, 3.8) is 0 Å². The molecule has 36 heavy (non-hydrogen) atoms. The van der Waals surface area contributed by atoms with Gasteiger partial charge in [-0.25, -0.2) is 4.79 Å². The quantitative estimate of drug-likeness (QED) is 0.211. The Kier molecular flexibility index (Phi) is 8.03. The molecule has 1 atom stereocenters. The van der Waals surface area contributed by atoms with Crippen LogP contribution in [0.15, 0.2) is 64.8 Å². The summed E-state index contributed by atoms with van der Waals surface area (Å²) in [4.78, 5) is 40.8. The van der Waals surface area contributed by atoms with Gasteiger partial charge < -0.3 is 15.2 Å². The third-order valence-electron chi connectivity index (χ3n) is 5.55. The van der Waals surface area contributed by atoms with E-state index in [4.69, 9.17) is 27.9 Å². The second-order valence-electron chi connectivity index (χ2n) is 7.81. The van der Waals surface area contributed by atoms with Gasteiger partial charge in [-0.05, 0) is 48.0 Å². The molecule has 2 aromatic carbocycles. The van der Waals surface area contributed by atoms with Crippen molar-refractivity contribution < 1.29 is 24.2 Å². The maximum atomic E-state index is 11.9. The van der Waals surface area contributed by atoms with Crippen LogP contribution in [-0.4, -0.2) is 58.8 Å². The molecule has 2 aliphatic rings. The number of nitrogens with one attached hydrogen (secondary N) is 1. The smallest absolute Gasteiger partial charge is 0.352 e. The molecule has 4 rings (SSSR count). The summed E-state index contributed by atoms with van der Waals surface area (Å²) < 4.78 is 5.94. The highest BCUT2D eigenvalue weighted by Gasteiger charge is 2.44. The van der Waals surface area contributed by atoms with E-state index >= 15 is 0 Å². The number of benzene rings is 2. The van der Waals surface area contributed by atoms with E-state index in [1.165, 1.54) is 16.7 Å². The van der Waals surface area contributed by atoms with Crippen LogP contribution in [-0.2, 0) is 9.59 Å². The van der Waals surface area contributed by atoms with Crippen molar-refractivity contribution in [3.05, 3.63) is 81.0 Å². The number of fused-ring (bicyclic) bond motifs is 1. The van der Waals surface area contributed by atoms with Crippen LogP contribution >= 0.6 is 35.0 Å². The lowest BCUT2D eigenvalue weighted by Crippen LogP contribution is -2.53. The summed E-state index contributed by atoms with van der Waals surface area (Å²) in [6, 6.07) is 9.94. The molecule has 1 amide bonds. The molecule has 0 aromatic heterocycles. The summed E-state index contributed by atoms with van der Waals surface area (Å²) >= 11 is 13.8. The minimum absolute atomic E-state index is 0.0250. The molecule has 2 aliphatic heterocycles. The zero-order valence-corrected chi connectivity index (χ0v) is 21.4. The fourth-order valence-corrected chi connectivity index (χ4v) is 5.41. The number of hydrogen-bond acceptors (Lipinski definition) is 6. The van der Waals surface area contributed by atoms with Gasteiger partial charge in [-0.1, -0.05) is 29.3 Å². The van der Waals surface area contributed by atoms with E-state index in [1.54, 1.807) is 55.6 Å². The minimum atomic E-state index is -1.12. The number of aliphatic carboxylic acids is 1. The Bertz CT molecular complexity index is 1320. The fraction of sp³-hybridized carbons (Fsp3) is 0.200. The van der Waals surface area contributed by atoms with Crippen molar-refractivity contribution in [2.24, 2.45) is 4.99 Å². The van der Waals surface area contributed by atoms with E-state index in [-0.39, 0.29) is 23.6 Å². The van der Waals surface area contributed by atoms with Gasteiger partial charge in [0.2, 0.25) is 5.91 Å². The summed E-state index contributed by atoms with van der Waals surface area (Å²) in [6.07, 6.45) is 4.43. The number of carbonyl (C=O) groups excluding carboxylic acids is 2. The van der Waals surface area contributed by atoms with Crippen LogP contribution in [0.4, 0.5) is 5.69 Å². The monoisotopic (exact) mass is 545 g/mol. The van der Waals surface area contributed by atoms with E-state index in [2.05, 4.69) is 10.3 Å². The molecule has 186 valence electrons. The van der Waals surface area contributed by atoms with Crippen molar-refractivity contribution in [3.8, 4) is 5.75 Å². The largest absolute Gasteiger partial charge is 0.489 e. The van der Waals surface area contributed by atoms with Crippen LogP contribution in [0.1, 0.15) is 22.3 Å². The summed E-state index contributed by atoms with van der Waals surface area (Å²) in [7, 11) is 1.59. The average molecular weight is 546 g/mol. The minimum Gasteiger partial charge on any atom is -0.489 e. The molecule has 1 saturated heterocycles. The number of rotatable bonds is 8. The number of aliphatic imine (C=N–C) groups is 1. The van der Waals surface area contributed by atoms with Crippen molar-refractivity contribution in [1.82, 2.24) is 4.90 Å². The first-order valence-electron chi connectivity index (χ1n) is 10.8. The lowest BCUT2D eigenvalue weighted by Gasteiger charge is -2.43. The number of carboxylic acid groups (broad SMARTS) is 1. The van der Waals surface area contributed by atoms with Crippen molar-refractivity contribution in [1.29, 1.82) is 0 Å². The Morgan fingerprint density at radius 3 is 2.72 bits per heavy atom. The zero-order chi connectivity index (χ0) is 25.8. The normalized spacial score (nSPS) is 17.6. The van der Waals surface area contributed by atoms with Gasteiger partial charge in [0.05, 0.1) is 23.0 Å². The molecular weight excluding hydrogens is 525 g/mol. The van der Waals surface area contributed by atoms with Gasteiger partial charge in [0.25, 0.3) is 0 Å². The van der Waals surface area contributed by atoms with E-state index in [0.717, 1.165) is 0 Å². The molecule has 2 N–H and O–H groups in total. The van der Waals surface area contributed by atoms with Gasteiger partial charge in [-0.3, -0.25) is 19.5 Å². The van der Waals surface area contributed by atoms with E-state index in [1.807, 2.05) is 0 Å². The predicted octanol–water partition coefficient (Wildman–Crippen LogP) is 4.87. The molecule has 0 bridgehead atoms. The summed E-state index contributed by atoms with van der Waals surface area (Å²) in [5, 5.41) is 13.5. The topological polar surface area (TPSA) is 108 Å². The SMILES string of the molecule is CN=C(Nc1ccc(Cl)cc1C=O)c1cc(Cl)ccc1OC/C=C/C1=C(C(=O)O)N2C(=O)CC2SC1. The Hall–Kier alpha value is -3.27. The second-order valence-corrected chi connectivity index (χ2v) is 9.85. The number of aldehydes is 1. The van der Waals surface area contributed by atoms with Gasteiger partial charge >= 0.3 is 5.97 Å². The van der Waals surface area contributed by atoms with Crippen LogP contribution in [0.3, 0.4) is 0 Å². The number of thioether (sulfide) groups is 1. The number of ether oxygens (including phenoxy) is 1. The molecule has 2 aromatic rings. The molecule has 2 heterocycles. The molecule has 0 spiro atoms. The van der Waals surface area contributed by atoms with Crippen molar-refractivity contribution >= 4 is 64.6 Å². The maximum absolute atomic E-state index is 11.9. The fourth-order valence-electron chi connectivity index (χ4n) is 3.82. The number of carboxylic acids is 1. The number of anilines is 1. The molecule has 0 radical (unpaired) electrons. The highest BCUT2D eigenvalue weighted by atomic mass is 35.5. The molecule has 0 saturated carbocycles. The number of nitrogens with zero attached hydrogens (tertiary/aromatic N) is 2. The van der Waals surface area contributed by atoms with Crippen LogP contribution < -0.4 is 10.1 Å². The van der Waals surface area contributed by atoms with Gasteiger partial charge in [0, 0.05) is 28.4 Å². The van der Waals surface area contributed by atoms with Gasteiger partial charge in [-0.2, -0.15) is 0 Å². The number of hydrogen-bond donors (Lipinski definition) is 2. The van der Waals surface area contributed by atoms with Crippen LogP contribution in [0.25, 0.3) is 0 Å². The van der Waals surface area contributed by atoms with Crippen molar-refractivity contribution in [2.75, 3.05) is 24.7 Å². The maximum Gasteiger partial charge on any atom is 0.352 e.